The van der Waals surface area contributed by atoms with Crippen molar-refractivity contribution in [3.63, 3.8) is 0 Å². The number of nitrogens with zero attached hydrogens (tertiary/aromatic N) is 3. The molecule has 0 aliphatic rings. The Morgan fingerprint density at radius 3 is 2.95 bits per heavy atom. The minimum absolute atomic E-state index is 0.207. The van der Waals surface area contributed by atoms with Crippen LogP contribution in [0.1, 0.15) is 27.3 Å². The van der Waals surface area contributed by atoms with Gasteiger partial charge in [0.05, 0.1) is 6.54 Å². The lowest BCUT2D eigenvalue weighted by Gasteiger charge is -2.05. The molecule has 0 saturated heterocycles. The highest BCUT2D eigenvalue weighted by Crippen LogP contribution is 2.10. The van der Waals surface area contributed by atoms with Crippen molar-refractivity contribution in [2.45, 2.75) is 13.5 Å². The van der Waals surface area contributed by atoms with E-state index in [9.17, 15) is 4.79 Å². The molecule has 1 aromatic heterocycles. The molecule has 0 saturated carbocycles. The fourth-order valence-corrected chi connectivity index (χ4v) is 1.76. The normalized spacial score (nSPS) is 9.86. The zero-order valence-corrected chi connectivity index (χ0v) is 11.9. The Morgan fingerprint density at radius 1 is 1.48 bits per heavy atom. The fraction of sp³-hybridized carbons (Fsp3) is 0.267. The molecule has 0 spiro atoms. The highest BCUT2D eigenvalue weighted by Gasteiger charge is 2.08. The summed E-state index contributed by atoms with van der Waals surface area (Å²) >= 11 is 0. The van der Waals surface area contributed by atoms with Crippen LogP contribution in [0.2, 0.25) is 0 Å². The summed E-state index contributed by atoms with van der Waals surface area (Å²) in [5.74, 6) is 5.75. The highest BCUT2D eigenvalue weighted by atomic mass is 16.2. The van der Waals surface area contributed by atoms with Crippen molar-refractivity contribution in [2.75, 3.05) is 6.61 Å². The molecule has 0 bridgehead atoms. The van der Waals surface area contributed by atoms with E-state index in [2.05, 4.69) is 27.2 Å². The molecule has 2 rings (SSSR count). The third-order valence-electron chi connectivity index (χ3n) is 2.86. The number of carbonyl (C=O) groups is 1. The van der Waals surface area contributed by atoms with Crippen LogP contribution in [0.3, 0.4) is 0 Å². The van der Waals surface area contributed by atoms with Gasteiger partial charge in [0.15, 0.2) is 5.82 Å². The molecular weight excluding hydrogens is 268 g/mol. The van der Waals surface area contributed by atoms with E-state index in [0.29, 0.717) is 11.4 Å². The lowest BCUT2D eigenvalue weighted by molar-refractivity contribution is 0.0950. The number of benzene rings is 1. The standard InChI is InChI=1S/C15H16N4O2/c1-11-5-6-13(8-12(11)4-3-7-20)15(21)16-9-14-17-10-19(2)18-14/h5-6,8,10,20H,7,9H2,1-2H3,(H,16,21). The van der Waals surface area contributed by atoms with Crippen molar-refractivity contribution < 1.29 is 9.90 Å². The van der Waals surface area contributed by atoms with Crippen LogP contribution in [0.25, 0.3) is 0 Å². The maximum Gasteiger partial charge on any atom is 0.251 e. The van der Waals surface area contributed by atoms with Gasteiger partial charge in [-0.15, -0.1) is 0 Å². The molecule has 2 aromatic rings. The van der Waals surface area contributed by atoms with Gasteiger partial charge in [0.25, 0.3) is 5.91 Å². The number of aromatic nitrogens is 3. The molecule has 0 atom stereocenters. The number of aliphatic hydroxyl groups is 1. The summed E-state index contributed by atoms with van der Waals surface area (Å²) in [6.45, 7) is 1.97. The summed E-state index contributed by atoms with van der Waals surface area (Å²) in [7, 11) is 1.77. The first-order chi connectivity index (χ1) is 10.1. The van der Waals surface area contributed by atoms with Crippen LogP contribution in [0.5, 0.6) is 0 Å². The average molecular weight is 284 g/mol. The monoisotopic (exact) mass is 284 g/mol. The number of aryl methyl sites for hydroxylation is 2. The number of aliphatic hydroxyl groups excluding tert-OH is 1. The van der Waals surface area contributed by atoms with Gasteiger partial charge in [0, 0.05) is 18.2 Å². The molecule has 0 fully saturated rings. The summed E-state index contributed by atoms with van der Waals surface area (Å²) in [6, 6.07) is 5.27. The van der Waals surface area contributed by atoms with Crippen molar-refractivity contribution in [3.8, 4) is 11.8 Å². The van der Waals surface area contributed by atoms with Crippen LogP contribution in [0.15, 0.2) is 24.5 Å². The van der Waals surface area contributed by atoms with Crippen LogP contribution in [-0.4, -0.2) is 32.4 Å². The molecule has 0 radical (unpaired) electrons. The average Bonchev–Trinajstić information content (AvgIpc) is 2.89. The van der Waals surface area contributed by atoms with Crippen molar-refractivity contribution in [1.82, 2.24) is 20.1 Å². The van der Waals surface area contributed by atoms with Crippen LogP contribution in [0, 0.1) is 18.8 Å². The number of rotatable bonds is 3. The minimum Gasteiger partial charge on any atom is -0.384 e. The van der Waals surface area contributed by atoms with Gasteiger partial charge in [0.2, 0.25) is 0 Å². The van der Waals surface area contributed by atoms with Crippen molar-refractivity contribution in [3.05, 3.63) is 47.0 Å². The first-order valence-corrected chi connectivity index (χ1v) is 6.43. The largest absolute Gasteiger partial charge is 0.384 e. The van der Waals surface area contributed by atoms with E-state index in [0.717, 1.165) is 11.1 Å². The molecule has 0 aliphatic carbocycles. The van der Waals surface area contributed by atoms with Crippen molar-refractivity contribution in [1.29, 1.82) is 0 Å². The molecule has 0 aliphatic heterocycles. The molecule has 6 heteroatoms. The summed E-state index contributed by atoms with van der Waals surface area (Å²) in [6.07, 6.45) is 1.58. The third-order valence-corrected chi connectivity index (χ3v) is 2.86. The lowest BCUT2D eigenvalue weighted by atomic mass is 10.0. The van der Waals surface area contributed by atoms with Crippen molar-refractivity contribution >= 4 is 5.91 Å². The zero-order chi connectivity index (χ0) is 15.2. The maximum atomic E-state index is 12.1. The Bertz CT molecular complexity index is 710. The van der Waals surface area contributed by atoms with Gasteiger partial charge in [-0.25, -0.2) is 4.98 Å². The Kier molecular flexibility index (Phi) is 4.69. The summed E-state index contributed by atoms with van der Waals surface area (Å²) in [4.78, 5) is 16.1. The number of amides is 1. The first kappa shape index (κ1) is 14.8. The van der Waals surface area contributed by atoms with Crippen LogP contribution < -0.4 is 5.32 Å². The lowest BCUT2D eigenvalue weighted by Crippen LogP contribution is -2.23. The maximum absolute atomic E-state index is 12.1. The summed E-state index contributed by atoms with van der Waals surface area (Å²) in [5.41, 5.74) is 2.20. The summed E-state index contributed by atoms with van der Waals surface area (Å²) in [5, 5.41) is 15.6. The van der Waals surface area contributed by atoms with Gasteiger partial charge in [0.1, 0.15) is 12.9 Å². The SMILES string of the molecule is Cc1ccc(C(=O)NCc2ncn(C)n2)cc1C#CCO. The molecule has 6 nitrogen and oxygen atoms in total. The van der Waals surface area contributed by atoms with Crippen LogP contribution in [0.4, 0.5) is 0 Å². The minimum atomic E-state index is -0.213. The van der Waals surface area contributed by atoms with E-state index in [1.807, 2.05) is 13.0 Å². The Hall–Kier alpha value is -2.65. The molecule has 0 unspecified atom stereocenters. The second-order valence-electron chi connectivity index (χ2n) is 4.51. The highest BCUT2D eigenvalue weighted by molar-refractivity contribution is 5.94. The van der Waals surface area contributed by atoms with E-state index in [-0.39, 0.29) is 19.1 Å². The van der Waals surface area contributed by atoms with Crippen LogP contribution in [-0.2, 0) is 13.6 Å². The second kappa shape index (κ2) is 6.68. The number of carbonyl (C=O) groups excluding carboxylic acids is 1. The number of hydrogen-bond donors (Lipinski definition) is 2. The van der Waals surface area contributed by atoms with Gasteiger partial charge in [-0.2, -0.15) is 5.10 Å². The quantitative estimate of drug-likeness (QED) is 0.799. The molecule has 21 heavy (non-hydrogen) atoms. The van der Waals surface area contributed by atoms with Crippen LogP contribution >= 0.6 is 0 Å². The second-order valence-corrected chi connectivity index (χ2v) is 4.51. The smallest absolute Gasteiger partial charge is 0.251 e. The topological polar surface area (TPSA) is 80.0 Å². The Labute approximate surface area is 122 Å². The molecule has 1 heterocycles. The first-order valence-electron chi connectivity index (χ1n) is 6.43. The van der Waals surface area contributed by atoms with E-state index >= 15 is 0 Å². The third kappa shape index (κ3) is 3.91. The summed E-state index contributed by atoms with van der Waals surface area (Å²) < 4.78 is 1.58. The van der Waals surface area contributed by atoms with Gasteiger partial charge >= 0.3 is 0 Å². The van der Waals surface area contributed by atoms with Gasteiger partial charge in [-0.1, -0.05) is 17.9 Å². The fourth-order valence-electron chi connectivity index (χ4n) is 1.76. The molecule has 1 amide bonds. The molecular formula is C15H16N4O2. The number of hydrogen-bond acceptors (Lipinski definition) is 4. The number of nitrogens with one attached hydrogen (secondary N) is 1. The Balaban J connectivity index is 2.08. The van der Waals surface area contributed by atoms with Crippen molar-refractivity contribution in [2.24, 2.45) is 7.05 Å². The Morgan fingerprint density at radius 2 is 2.29 bits per heavy atom. The van der Waals surface area contributed by atoms with E-state index in [4.69, 9.17) is 5.11 Å². The predicted molar refractivity (Wildman–Crippen MR) is 77.3 cm³/mol. The van der Waals surface area contributed by atoms with E-state index in [1.165, 1.54) is 0 Å². The molecule has 108 valence electrons. The van der Waals surface area contributed by atoms with Gasteiger partial charge in [-0.05, 0) is 24.6 Å². The van der Waals surface area contributed by atoms with E-state index < -0.39 is 0 Å². The van der Waals surface area contributed by atoms with E-state index in [1.54, 1.807) is 30.2 Å². The van der Waals surface area contributed by atoms with Gasteiger partial charge < -0.3 is 10.4 Å². The molecule has 1 aromatic carbocycles. The molecule has 2 N–H and O–H groups in total. The van der Waals surface area contributed by atoms with Gasteiger partial charge in [-0.3, -0.25) is 9.48 Å². The zero-order valence-electron chi connectivity index (χ0n) is 11.9. The predicted octanol–water partition coefficient (Wildman–Crippen LogP) is 0.397.